The van der Waals surface area contributed by atoms with Gasteiger partial charge in [-0.25, -0.2) is 0 Å². The maximum absolute atomic E-state index is 4.22. The lowest BCUT2D eigenvalue weighted by Gasteiger charge is -1.96. The first kappa shape index (κ1) is 7.22. The van der Waals surface area contributed by atoms with Crippen LogP contribution in [0.1, 0.15) is 5.56 Å². The summed E-state index contributed by atoms with van der Waals surface area (Å²) in [7, 11) is 1.96. The van der Waals surface area contributed by atoms with Crippen molar-refractivity contribution in [2.75, 3.05) is 0 Å². The number of benzene rings is 1. The van der Waals surface area contributed by atoms with Crippen molar-refractivity contribution in [2.24, 2.45) is 7.05 Å². The molecule has 2 heteroatoms. The first-order valence-electron chi connectivity index (χ1n) is 4.00. The van der Waals surface area contributed by atoms with Gasteiger partial charge in [0.15, 0.2) is 7.05 Å². The largest absolute Gasteiger partial charge is 0.239 e. The van der Waals surface area contributed by atoms with Crippen molar-refractivity contribution in [3.05, 3.63) is 36.0 Å². The van der Waals surface area contributed by atoms with E-state index in [1.54, 1.807) is 0 Å². The molecule has 0 aliphatic rings. The van der Waals surface area contributed by atoms with Gasteiger partial charge in [-0.05, 0) is 23.7 Å². The zero-order valence-corrected chi connectivity index (χ0v) is 7.28. The maximum Gasteiger partial charge on any atom is 0.239 e. The van der Waals surface area contributed by atoms with E-state index in [9.17, 15) is 0 Å². The second-order valence-corrected chi connectivity index (χ2v) is 2.97. The Morgan fingerprint density at radius 1 is 1.25 bits per heavy atom. The molecule has 0 radical (unpaired) electrons. The van der Waals surface area contributed by atoms with Crippen LogP contribution in [-0.4, -0.2) is 5.10 Å². The predicted molar refractivity (Wildman–Crippen MR) is 47.7 cm³/mol. The molecule has 0 fully saturated rings. The van der Waals surface area contributed by atoms with Crippen molar-refractivity contribution in [2.45, 2.75) is 6.92 Å². The lowest BCUT2D eigenvalue weighted by atomic mass is 10.1. The molecular weight excluding hydrogens is 148 g/mol. The van der Waals surface area contributed by atoms with Gasteiger partial charge in [-0.2, -0.15) is 0 Å². The van der Waals surface area contributed by atoms with Crippen molar-refractivity contribution in [3.63, 3.8) is 0 Å². The number of aryl methyl sites for hydroxylation is 2. The average molecular weight is 159 g/mol. The van der Waals surface area contributed by atoms with Gasteiger partial charge in [0.25, 0.3) is 0 Å². The number of nitrogens with zero attached hydrogens (tertiary/aromatic N) is 2. The molecule has 1 aromatic carbocycles. The highest BCUT2D eigenvalue weighted by atomic mass is 15.2. The van der Waals surface area contributed by atoms with Gasteiger partial charge < -0.3 is 0 Å². The number of para-hydroxylation sites is 1. The predicted octanol–water partition coefficient (Wildman–Crippen LogP) is 1.37. The molecule has 0 saturated carbocycles. The van der Waals surface area contributed by atoms with Crippen molar-refractivity contribution >= 4 is 10.9 Å². The van der Waals surface area contributed by atoms with Crippen molar-refractivity contribution in [1.82, 2.24) is 5.10 Å². The molecule has 2 rings (SSSR count). The lowest BCUT2D eigenvalue weighted by Crippen LogP contribution is -2.33. The van der Waals surface area contributed by atoms with Crippen molar-refractivity contribution in [3.8, 4) is 0 Å². The number of hydrogen-bond acceptors (Lipinski definition) is 1. The van der Waals surface area contributed by atoms with E-state index in [1.807, 2.05) is 24.0 Å². The van der Waals surface area contributed by atoms with Gasteiger partial charge in [0.05, 0.1) is 11.6 Å². The highest BCUT2D eigenvalue weighted by molar-refractivity contribution is 5.78. The highest BCUT2D eigenvalue weighted by Gasteiger charge is 2.05. The minimum Gasteiger partial charge on any atom is -0.0865 e. The molecule has 0 unspecified atom stereocenters. The Bertz CT molecular complexity index is 381. The van der Waals surface area contributed by atoms with Crippen LogP contribution in [0.25, 0.3) is 10.9 Å². The second kappa shape index (κ2) is 2.55. The zero-order valence-electron chi connectivity index (χ0n) is 7.28. The van der Waals surface area contributed by atoms with E-state index in [1.165, 1.54) is 16.5 Å². The van der Waals surface area contributed by atoms with Gasteiger partial charge in [0, 0.05) is 6.07 Å². The minimum absolute atomic E-state index is 1.18. The Labute approximate surface area is 71.5 Å². The number of hydrogen-bond donors (Lipinski definition) is 0. The van der Waals surface area contributed by atoms with Gasteiger partial charge in [0.2, 0.25) is 5.52 Å². The molecule has 12 heavy (non-hydrogen) atoms. The van der Waals surface area contributed by atoms with Crippen LogP contribution in [0.3, 0.4) is 0 Å². The molecule has 0 saturated heterocycles. The maximum atomic E-state index is 4.22. The third kappa shape index (κ3) is 0.961. The molecule has 0 atom stereocenters. The molecule has 2 nitrogen and oxygen atoms in total. The summed E-state index contributed by atoms with van der Waals surface area (Å²) in [4.78, 5) is 0. The molecule has 0 N–H and O–H groups in total. The summed E-state index contributed by atoms with van der Waals surface area (Å²) >= 11 is 0. The molecule has 0 amide bonds. The lowest BCUT2D eigenvalue weighted by molar-refractivity contribution is -0.705. The molecule has 1 heterocycles. The standard InChI is InChI=1S/C10H11N2/c1-8-7-11-12(2)10-6-4-3-5-9(8)10/h3-7H,1-2H3/q+1. The third-order valence-electron chi connectivity index (χ3n) is 2.10. The van der Waals surface area contributed by atoms with Crippen molar-refractivity contribution < 1.29 is 4.68 Å². The van der Waals surface area contributed by atoms with Gasteiger partial charge in [-0.3, -0.25) is 0 Å². The summed E-state index contributed by atoms with van der Waals surface area (Å²) < 4.78 is 1.89. The van der Waals surface area contributed by atoms with Crippen LogP contribution in [0.15, 0.2) is 30.5 Å². The molecule has 1 aromatic heterocycles. The first-order chi connectivity index (χ1) is 5.79. The minimum atomic E-state index is 1.18. The highest BCUT2D eigenvalue weighted by Crippen LogP contribution is 2.11. The normalized spacial score (nSPS) is 10.5. The Kier molecular flexibility index (Phi) is 1.54. The van der Waals surface area contributed by atoms with E-state index in [4.69, 9.17) is 0 Å². The van der Waals surface area contributed by atoms with Crippen LogP contribution in [0.2, 0.25) is 0 Å². The van der Waals surface area contributed by atoms with Crippen LogP contribution in [0, 0.1) is 6.92 Å². The second-order valence-electron chi connectivity index (χ2n) is 2.97. The van der Waals surface area contributed by atoms with E-state index in [0.717, 1.165) is 0 Å². The molecular formula is C10H11N2+. The number of rotatable bonds is 0. The van der Waals surface area contributed by atoms with E-state index in [2.05, 4.69) is 30.2 Å². The molecule has 0 aliphatic heterocycles. The number of fused-ring (bicyclic) bond motifs is 1. The van der Waals surface area contributed by atoms with Crippen molar-refractivity contribution in [1.29, 1.82) is 0 Å². The third-order valence-corrected chi connectivity index (χ3v) is 2.10. The summed E-state index contributed by atoms with van der Waals surface area (Å²) in [6.07, 6.45) is 1.89. The zero-order chi connectivity index (χ0) is 8.55. The Morgan fingerprint density at radius 3 is 2.75 bits per heavy atom. The summed E-state index contributed by atoms with van der Waals surface area (Å²) in [6.45, 7) is 2.08. The number of aromatic nitrogens is 2. The van der Waals surface area contributed by atoms with E-state index >= 15 is 0 Å². The van der Waals surface area contributed by atoms with Crippen LogP contribution in [0.4, 0.5) is 0 Å². The SMILES string of the molecule is Cc1cn[n+](C)c2ccccc12. The first-order valence-corrected chi connectivity index (χ1v) is 4.00. The quantitative estimate of drug-likeness (QED) is 0.530. The fourth-order valence-electron chi connectivity index (χ4n) is 1.39. The summed E-state index contributed by atoms with van der Waals surface area (Å²) in [6, 6.07) is 8.28. The summed E-state index contributed by atoms with van der Waals surface area (Å²) in [5.41, 5.74) is 2.40. The average Bonchev–Trinajstić information content (AvgIpc) is 2.12. The van der Waals surface area contributed by atoms with Gasteiger partial charge >= 0.3 is 0 Å². The summed E-state index contributed by atoms with van der Waals surface area (Å²) in [5.74, 6) is 0. The van der Waals surface area contributed by atoms with Crippen LogP contribution in [-0.2, 0) is 7.05 Å². The van der Waals surface area contributed by atoms with Crippen LogP contribution >= 0.6 is 0 Å². The fourth-order valence-corrected chi connectivity index (χ4v) is 1.39. The monoisotopic (exact) mass is 159 g/mol. The van der Waals surface area contributed by atoms with E-state index < -0.39 is 0 Å². The van der Waals surface area contributed by atoms with Gasteiger partial charge in [0.1, 0.15) is 0 Å². The van der Waals surface area contributed by atoms with Gasteiger partial charge in [-0.15, -0.1) is 0 Å². The molecule has 0 aliphatic carbocycles. The molecule has 60 valence electrons. The van der Waals surface area contributed by atoms with E-state index in [0.29, 0.717) is 0 Å². The Hall–Kier alpha value is -1.44. The Balaban J connectivity index is 2.95. The topological polar surface area (TPSA) is 16.8 Å². The van der Waals surface area contributed by atoms with Crippen LogP contribution in [0.5, 0.6) is 0 Å². The van der Waals surface area contributed by atoms with E-state index in [-0.39, 0.29) is 0 Å². The molecule has 0 bridgehead atoms. The molecule has 2 aromatic rings. The smallest absolute Gasteiger partial charge is 0.0865 e. The fraction of sp³-hybridized carbons (Fsp3) is 0.200. The summed E-state index contributed by atoms with van der Waals surface area (Å²) in [5, 5.41) is 5.50. The van der Waals surface area contributed by atoms with Gasteiger partial charge in [-0.1, -0.05) is 16.8 Å². The van der Waals surface area contributed by atoms with Crippen LogP contribution < -0.4 is 4.68 Å². The Morgan fingerprint density at radius 2 is 2.00 bits per heavy atom. The molecule has 0 spiro atoms.